The summed E-state index contributed by atoms with van der Waals surface area (Å²) in [7, 11) is 1.55. The molecule has 3 amide bonds. The molecule has 1 atom stereocenters. The van der Waals surface area contributed by atoms with Gasteiger partial charge in [0.1, 0.15) is 18.2 Å². The quantitative estimate of drug-likeness (QED) is 0.685. The van der Waals surface area contributed by atoms with E-state index in [0.717, 1.165) is 23.3 Å². The molecule has 7 nitrogen and oxygen atoms in total. The van der Waals surface area contributed by atoms with Gasteiger partial charge in [0, 0.05) is 0 Å². The lowest BCUT2D eigenvalue weighted by Crippen LogP contribution is -2.49. The van der Waals surface area contributed by atoms with Crippen molar-refractivity contribution in [1.29, 1.82) is 0 Å². The summed E-state index contributed by atoms with van der Waals surface area (Å²) in [4.78, 5) is 26.4. The Morgan fingerprint density at radius 3 is 2.69 bits per heavy atom. The molecule has 158 valence electrons. The Morgan fingerprint density at radius 1 is 1.31 bits per heavy atom. The molecule has 1 saturated carbocycles. The van der Waals surface area contributed by atoms with Gasteiger partial charge in [-0.15, -0.1) is 0 Å². The van der Waals surface area contributed by atoms with Crippen molar-refractivity contribution in [1.82, 2.24) is 10.2 Å². The lowest BCUT2D eigenvalue weighted by Gasteiger charge is -2.33. The van der Waals surface area contributed by atoms with Crippen molar-refractivity contribution >= 4 is 18.0 Å². The monoisotopic (exact) mass is 402 g/mol. The zero-order chi connectivity index (χ0) is 21.0. The molecule has 1 aromatic rings. The molecule has 7 heteroatoms. The second-order valence-electron chi connectivity index (χ2n) is 7.99. The van der Waals surface area contributed by atoms with E-state index in [4.69, 9.17) is 9.47 Å². The van der Waals surface area contributed by atoms with Crippen LogP contribution in [0.3, 0.4) is 0 Å². The first-order valence-electron chi connectivity index (χ1n) is 10.1. The van der Waals surface area contributed by atoms with Gasteiger partial charge in [-0.1, -0.05) is 25.1 Å². The molecule has 1 aliphatic carbocycles. The summed E-state index contributed by atoms with van der Waals surface area (Å²) in [6.07, 6.45) is 6.00. The molecular weight excluding hydrogens is 372 g/mol. The van der Waals surface area contributed by atoms with Crippen molar-refractivity contribution in [2.24, 2.45) is 5.92 Å². The average Bonchev–Trinajstić information content (AvgIpc) is 2.93. The Kier molecular flexibility index (Phi) is 6.47. The lowest BCUT2D eigenvalue weighted by atomic mass is 9.77. The second kappa shape index (κ2) is 8.86. The summed E-state index contributed by atoms with van der Waals surface area (Å²) in [5, 5.41) is 13.3. The Morgan fingerprint density at radius 2 is 2.03 bits per heavy atom. The fourth-order valence-electron chi connectivity index (χ4n) is 3.98. The molecule has 29 heavy (non-hydrogen) atoms. The topological polar surface area (TPSA) is 88.1 Å². The van der Waals surface area contributed by atoms with E-state index in [0.29, 0.717) is 30.3 Å². The van der Waals surface area contributed by atoms with Crippen molar-refractivity contribution in [3.63, 3.8) is 0 Å². The van der Waals surface area contributed by atoms with Crippen LogP contribution in [0, 0.1) is 5.92 Å². The number of aliphatic hydroxyl groups excluding tert-OH is 1. The SMILES string of the molecule is C/C=C/c1ccc(OC[C@@H](O)CN2C(=O)NC3(CCC(C)CC3)C2=O)c(OC)c1. The number of nitrogens with one attached hydrogen (secondary N) is 1. The largest absolute Gasteiger partial charge is 0.493 e. The maximum absolute atomic E-state index is 12.9. The van der Waals surface area contributed by atoms with Crippen molar-refractivity contribution in [2.45, 2.75) is 51.2 Å². The third-order valence-electron chi connectivity index (χ3n) is 5.75. The normalized spacial score (nSPS) is 25.5. The smallest absolute Gasteiger partial charge is 0.325 e. The first kappa shape index (κ1) is 21.2. The Hall–Kier alpha value is -2.54. The van der Waals surface area contributed by atoms with E-state index >= 15 is 0 Å². The number of amides is 3. The number of carbonyl (C=O) groups is 2. The minimum absolute atomic E-state index is 0.0551. The van der Waals surface area contributed by atoms with Crippen LogP contribution in [0.15, 0.2) is 24.3 Å². The number of rotatable bonds is 7. The van der Waals surface area contributed by atoms with Crippen LogP contribution in [-0.2, 0) is 4.79 Å². The third kappa shape index (κ3) is 4.56. The van der Waals surface area contributed by atoms with Crippen LogP contribution in [0.5, 0.6) is 11.5 Å². The first-order chi connectivity index (χ1) is 13.9. The molecular formula is C22H30N2O5. The number of benzene rings is 1. The van der Waals surface area contributed by atoms with E-state index < -0.39 is 17.7 Å². The number of aliphatic hydroxyl groups is 1. The van der Waals surface area contributed by atoms with Crippen molar-refractivity contribution in [3.05, 3.63) is 29.8 Å². The highest BCUT2D eigenvalue weighted by Gasteiger charge is 2.52. The van der Waals surface area contributed by atoms with Gasteiger partial charge in [-0.3, -0.25) is 9.69 Å². The average molecular weight is 402 g/mol. The maximum atomic E-state index is 12.9. The molecule has 1 spiro atoms. The third-order valence-corrected chi connectivity index (χ3v) is 5.75. The van der Waals surface area contributed by atoms with Crippen LogP contribution in [0.2, 0.25) is 0 Å². The summed E-state index contributed by atoms with van der Waals surface area (Å²) in [6.45, 7) is 3.94. The van der Waals surface area contributed by atoms with E-state index in [1.165, 1.54) is 0 Å². The molecule has 0 bridgehead atoms. The van der Waals surface area contributed by atoms with Gasteiger partial charge >= 0.3 is 6.03 Å². The van der Waals surface area contributed by atoms with Crippen LogP contribution < -0.4 is 14.8 Å². The van der Waals surface area contributed by atoms with E-state index in [9.17, 15) is 14.7 Å². The number of hydrogen-bond donors (Lipinski definition) is 2. The number of imide groups is 1. The molecule has 3 rings (SSSR count). The van der Waals surface area contributed by atoms with Gasteiger partial charge in [-0.25, -0.2) is 4.79 Å². The molecule has 1 aliphatic heterocycles. The standard InChI is InChI=1S/C22H30N2O5/c1-4-5-16-6-7-18(19(12-16)28-3)29-14-17(25)13-24-20(26)22(23-21(24)27)10-8-15(2)9-11-22/h4-7,12,15,17,25H,8-11,13-14H2,1-3H3,(H,23,27)/b5-4+/t15?,17-,22?/m0/s1. The first-order valence-corrected chi connectivity index (χ1v) is 10.1. The highest BCUT2D eigenvalue weighted by molar-refractivity contribution is 6.07. The van der Waals surface area contributed by atoms with Gasteiger partial charge in [-0.05, 0) is 56.2 Å². The van der Waals surface area contributed by atoms with Gasteiger partial charge in [0.25, 0.3) is 5.91 Å². The van der Waals surface area contributed by atoms with Crippen LogP contribution >= 0.6 is 0 Å². The fraction of sp³-hybridized carbons (Fsp3) is 0.545. The van der Waals surface area contributed by atoms with Crippen LogP contribution in [0.1, 0.15) is 45.1 Å². The number of hydrogen-bond acceptors (Lipinski definition) is 5. The number of nitrogens with zero attached hydrogens (tertiary/aromatic N) is 1. The van der Waals surface area contributed by atoms with E-state index in [1.807, 2.05) is 31.2 Å². The lowest BCUT2D eigenvalue weighted by molar-refractivity contribution is -0.133. The Labute approximate surface area is 171 Å². The number of carbonyl (C=O) groups excluding carboxylic acids is 2. The van der Waals surface area contributed by atoms with Crippen LogP contribution in [-0.4, -0.2) is 53.8 Å². The molecule has 0 aromatic heterocycles. The minimum atomic E-state index is -0.998. The number of ether oxygens (including phenoxy) is 2. The predicted molar refractivity (Wildman–Crippen MR) is 110 cm³/mol. The second-order valence-corrected chi connectivity index (χ2v) is 7.99. The van der Waals surface area contributed by atoms with Crippen molar-refractivity contribution in [3.8, 4) is 11.5 Å². The van der Waals surface area contributed by atoms with Crippen LogP contribution in [0.4, 0.5) is 4.79 Å². The Bertz CT molecular complexity index is 783. The summed E-state index contributed by atoms with van der Waals surface area (Å²) in [5.41, 5.74) is 0.180. The zero-order valence-corrected chi connectivity index (χ0v) is 17.3. The Balaban J connectivity index is 1.59. The molecule has 1 aromatic carbocycles. The molecule has 2 N–H and O–H groups in total. The summed E-state index contributed by atoms with van der Waals surface area (Å²) in [6, 6.07) is 5.06. The van der Waals surface area contributed by atoms with Gasteiger partial charge in [0.15, 0.2) is 11.5 Å². The molecule has 1 heterocycles. The van der Waals surface area contributed by atoms with Crippen molar-refractivity contribution < 1.29 is 24.2 Å². The number of allylic oxidation sites excluding steroid dienone is 1. The summed E-state index contributed by atoms with van der Waals surface area (Å²) in [5.74, 6) is 1.38. The van der Waals surface area contributed by atoms with Gasteiger partial charge in [0.2, 0.25) is 0 Å². The maximum Gasteiger partial charge on any atom is 0.325 e. The zero-order valence-electron chi connectivity index (χ0n) is 17.3. The van der Waals surface area contributed by atoms with Crippen molar-refractivity contribution in [2.75, 3.05) is 20.3 Å². The summed E-state index contributed by atoms with van der Waals surface area (Å²) >= 11 is 0. The van der Waals surface area contributed by atoms with Crippen LogP contribution in [0.25, 0.3) is 6.08 Å². The molecule has 2 aliphatic rings. The molecule has 1 saturated heterocycles. The van der Waals surface area contributed by atoms with E-state index in [-0.39, 0.29) is 19.1 Å². The van der Waals surface area contributed by atoms with Gasteiger partial charge < -0.3 is 19.9 Å². The number of β-amino-alcohol motifs (C(OH)–C–C–N with tert-alkyl or cyclic N) is 1. The molecule has 0 radical (unpaired) electrons. The van der Waals surface area contributed by atoms with Gasteiger partial charge in [-0.2, -0.15) is 0 Å². The highest BCUT2D eigenvalue weighted by Crippen LogP contribution is 2.36. The number of methoxy groups -OCH3 is 1. The highest BCUT2D eigenvalue weighted by atomic mass is 16.5. The van der Waals surface area contributed by atoms with E-state index in [2.05, 4.69) is 12.2 Å². The molecule has 0 unspecified atom stereocenters. The predicted octanol–water partition coefficient (Wildman–Crippen LogP) is 2.97. The van der Waals surface area contributed by atoms with Gasteiger partial charge in [0.05, 0.1) is 13.7 Å². The van der Waals surface area contributed by atoms with E-state index in [1.54, 1.807) is 13.2 Å². The minimum Gasteiger partial charge on any atom is -0.493 e. The number of urea groups is 1. The summed E-state index contributed by atoms with van der Waals surface area (Å²) < 4.78 is 11.0. The fourth-order valence-corrected chi connectivity index (χ4v) is 3.98. The molecule has 2 fully saturated rings.